The minimum atomic E-state index is -0.0596. The number of nitrogens with one attached hydrogen (secondary N) is 1. The molecule has 0 saturated carbocycles. The molecule has 2 aromatic heterocycles. The Labute approximate surface area is 157 Å². The zero-order valence-electron chi connectivity index (χ0n) is 15.3. The molecule has 1 fully saturated rings. The second-order valence-electron chi connectivity index (χ2n) is 6.93. The first-order valence-corrected chi connectivity index (χ1v) is 8.92. The molecular formula is C20H21N5O2. The minimum Gasteiger partial charge on any atom is -0.348 e. The van der Waals surface area contributed by atoms with Gasteiger partial charge in [-0.1, -0.05) is 22.9 Å². The van der Waals surface area contributed by atoms with Crippen molar-refractivity contribution in [2.75, 3.05) is 13.6 Å². The van der Waals surface area contributed by atoms with Crippen LogP contribution in [-0.4, -0.2) is 45.6 Å². The Morgan fingerprint density at radius 3 is 2.81 bits per heavy atom. The molecule has 4 rings (SSSR count). The van der Waals surface area contributed by atoms with E-state index in [4.69, 9.17) is 4.52 Å². The predicted octanol–water partition coefficient (Wildman–Crippen LogP) is 2.62. The molecule has 1 aromatic carbocycles. The van der Waals surface area contributed by atoms with Gasteiger partial charge in [0.1, 0.15) is 0 Å². The third kappa shape index (κ3) is 3.73. The number of rotatable bonds is 4. The van der Waals surface area contributed by atoms with E-state index in [0.29, 0.717) is 17.3 Å². The third-order valence-electron chi connectivity index (χ3n) is 4.84. The topological polar surface area (TPSA) is 84.2 Å². The van der Waals surface area contributed by atoms with Gasteiger partial charge < -0.3 is 9.84 Å². The molecule has 7 nitrogen and oxygen atoms in total. The molecular weight excluding hydrogens is 342 g/mol. The van der Waals surface area contributed by atoms with Crippen molar-refractivity contribution in [3.05, 3.63) is 65.8 Å². The average molecular weight is 363 g/mol. The number of likely N-dealkylation sites (N-methyl/N-ethyl adjacent to an activating group) is 1. The van der Waals surface area contributed by atoms with Gasteiger partial charge in [-0.25, -0.2) is 0 Å². The molecule has 138 valence electrons. The Morgan fingerprint density at radius 2 is 2.07 bits per heavy atom. The molecule has 1 amide bonds. The van der Waals surface area contributed by atoms with Gasteiger partial charge in [0, 0.05) is 36.1 Å². The smallest absolute Gasteiger partial charge is 0.251 e. The monoisotopic (exact) mass is 363 g/mol. The van der Waals surface area contributed by atoms with Gasteiger partial charge in [-0.2, -0.15) is 4.98 Å². The molecule has 0 bridgehead atoms. The summed E-state index contributed by atoms with van der Waals surface area (Å²) in [6, 6.07) is 11.3. The van der Waals surface area contributed by atoms with Crippen molar-refractivity contribution in [1.29, 1.82) is 0 Å². The van der Waals surface area contributed by atoms with Gasteiger partial charge in [0.15, 0.2) is 0 Å². The Balaban J connectivity index is 1.43. The lowest BCUT2D eigenvalue weighted by Gasteiger charge is -2.14. The molecule has 3 aromatic rings. The summed E-state index contributed by atoms with van der Waals surface area (Å²) in [5, 5.41) is 7.17. The molecule has 1 N–H and O–H groups in total. The zero-order valence-corrected chi connectivity index (χ0v) is 15.3. The first-order chi connectivity index (χ1) is 13.1. The lowest BCUT2D eigenvalue weighted by molar-refractivity contribution is 0.0938. The highest BCUT2D eigenvalue weighted by molar-refractivity contribution is 5.94. The lowest BCUT2D eigenvalue weighted by Crippen LogP contribution is -2.36. The van der Waals surface area contributed by atoms with Gasteiger partial charge in [0.25, 0.3) is 5.91 Å². The number of pyridine rings is 1. The number of hydrogen-bond acceptors (Lipinski definition) is 6. The number of benzene rings is 1. The molecule has 0 spiro atoms. The van der Waals surface area contributed by atoms with Crippen LogP contribution in [0.2, 0.25) is 0 Å². The van der Waals surface area contributed by atoms with Crippen LogP contribution in [-0.2, 0) is 0 Å². The number of likely N-dealkylation sites (tertiary alicyclic amines) is 1. The molecule has 2 atom stereocenters. The quantitative estimate of drug-likeness (QED) is 0.767. The van der Waals surface area contributed by atoms with Crippen LogP contribution in [0.25, 0.3) is 11.4 Å². The van der Waals surface area contributed by atoms with Crippen molar-refractivity contribution in [2.24, 2.45) is 0 Å². The zero-order chi connectivity index (χ0) is 18.8. The Kier molecular flexibility index (Phi) is 4.68. The third-order valence-corrected chi connectivity index (χ3v) is 4.84. The van der Waals surface area contributed by atoms with Crippen molar-refractivity contribution < 1.29 is 9.32 Å². The van der Waals surface area contributed by atoms with E-state index in [-0.39, 0.29) is 18.0 Å². The fraction of sp³-hybridized carbons (Fsp3) is 0.300. The number of carbonyl (C=O) groups is 1. The van der Waals surface area contributed by atoms with Gasteiger partial charge in [-0.05, 0) is 44.7 Å². The van der Waals surface area contributed by atoms with E-state index in [2.05, 4.69) is 25.3 Å². The first-order valence-electron chi connectivity index (χ1n) is 8.92. The van der Waals surface area contributed by atoms with Crippen LogP contribution < -0.4 is 5.32 Å². The van der Waals surface area contributed by atoms with Crippen LogP contribution in [0, 0.1) is 6.92 Å². The minimum absolute atomic E-state index is 0.0220. The van der Waals surface area contributed by atoms with Gasteiger partial charge in [0.2, 0.25) is 11.7 Å². The summed E-state index contributed by atoms with van der Waals surface area (Å²) < 4.78 is 5.48. The van der Waals surface area contributed by atoms with Crippen molar-refractivity contribution in [2.45, 2.75) is 25.4 Å². The molecule has 0 unspecified atom stereocenters. The van der Waals surface area contributed by atoms with Crippen LogP contribution in [0.4, 0.5) is 0 Å². The fourth-order valence-corrected chi connectivity index (χ4v) is 3.35. The van der Waals surface area contributed by atoms with E-state index >= 15 is 0 Å². The van der Waals surface area contributed by atoms with Gasteiger partial charge in [-0.3, -0.25) is 14.7 Å². The van der Waals surface area contributed by atoms with E-state index in [9.17, 15) is 4.79 Å². The van der Waals surface area contributed by atoms with Crippen LogP contribution in [0.5, 0.6) is 0 Å². The first kappa shape index (κ1) is 17.4. The van der Waals surface area contributed by atoms with Crippen LogP contribution in [0.3, 0.4) is 0 Å². The molecule has 1 aliphatic heterocycles. The maximum Gasteiger partial charge on any atom is 0.251 e. The molecule has 3 heterocycles. The lowest BCUT2D eigenvalue weighted by atomic mass is 10.1. The highest BCUT2D eigenvalue weighted by atomic mass is 16.5. The molecule has 7 heteroatoms. The van der Waals surface area contributed by atoms with E-state index in [1.54, 1.807) is 12.4 Å². The fourth-order valence-electron chi connectivity index (χ4n) is 3.35. The number of amides is 1. The average Bonchev–Trinajstić information content (AvgIpc) is 3.29. The Bertz CT molecular complexity index is 923. The van der Waals surface area contributed by atoms with Crippen molar-refractivity contribution in [3.8, 4) is 11.4 Å². The van der Waals surface area contributed by atoms with Gasteiger partial charge >= 0.3 is 0 Å². The van der Waals surface area contributed by atoms with E-state index < -0.39 is 0 Å². The number of aryl methyl sites for hydroxylation is 1. The maximum atomic E-state index is 12.5. The largest absolute Gasteiger partial charge is 0.348 e. The summed E-state index contributed by atoms with van der Waals surface area (Å²) in [5.41, 5.74) is 2.62. The molecule has 0 radical (unpaired) electrons. The van der Waals surface area contributed by atoms with Crippen molar-refractivity contribution in [1.82, 2.24) is 25.3 Å². The summed E-state index contributed by atoms with van der Waals surface area (Å²) in [6.07, 6.45) is 4.14. The van der Waals surface area contributed by atoms with E-state index in [1.807, 2.05) is 50.4 Å². The summed E-state index contributed by atoms with van der Waals surface area (Å²) in [6.45, 7) is 2.73. The summed E-state index contributed by atoms with van der Waals surface area (Å²) in [4.78, 5) is 23.2. The summed E-state index contributed by atoms with van der Waals surface area (Å²) in [7, 11) is 2.00. The number of nitrogens with zero attached hydrogens (tertiary/aromatic N) is 4. The molecule has 1 saturated heterocycles. The maximum absolute atomic E-state index is 12.5. The highest BCUT2D eigenvalue weighted by Crippen LogP contribution is 2.30. The number of aromatic nitrogens is 3. The summed E-state index contributed by atoms with van der Waals surface area (Å²) >= 11 is 0. The standard InChI is InChI=1S/C20H21N5O2/c1-13-5-7-14(8-6-13)19(26)22-16-10-17(25(2)12-16)20-23-18(24-27-20)15-4-3-9-21-11-15/h3-9,11,16-17H,10,12H2,1-2H3,(H,22,26)/t16-,17-/m0/s1. The predicted molar refractivity (Wildman–Crippen MR) is 100.0 cm³/mol. The molecule has 0 aliphatic carbocycles. The van der Waals surface area contributed by atoms with E-state index in [0.717, 1.165) is 24.1 Å². The van der Waals surface area contributed by atoms with Crippen molar-refractivity contribution >= 4 is 5.91 Å². The van der Waals surface area contributed by atoms with Crippen molar-refractivity contribution in [3.63, 3.8) is 0 Å². The Hall–Kier alpha value is -3.06. The SMILES string of the molecule is Cc1ccc(C(=O)N[C@H]2C[C@@H](c3nc(-c4cccnc4)no3)N(C)C2)cc1. The van der Waals surface area contributed by atoms with Crippen LogP contribution in [0.1, 0.15) is 34.3 Å². The van der Waals surface area contributed by atoms with Crippen LogP contribution in [0.15, 0.2) is 53.3 Å². The van der Waals surface area contributed by atoms with Gasteiger partial charge in [0.05, 0.1) is 6.04 Å². The number of carbonyl (C=O) groups excluding carboxylic acids is 1. The normalized spacial score (nSPS) is 19.9. The number of hydrogen-bond donors (Lipinski definition) is 1. The molecule has 27 heavy (non-hydrogen) atoms. The second-order valence-corrected chi connectivity index (χ2v) is 6.93. The van der Waals surface area contributed by atoms with Crippen LogP contribution >= 0.6 is 0 Å². The molecule has 1 aliphatic rings. The Morgan fingerprint density at radius 1 is 1.26 bits per heavy atom. The van der Waals surface area contributed by atoms with E-state index in [1.165, 1.54) is 0 Å². The highest BCUT2D eigenvalue weighted by Gasteiger charge is 2.35. The summed E-state index contributed by atoms with van der Waals surface area (Å²) in [5.74, 6) is 1.03. The second kappa shape index (κ2) is 7.28. The van der Waals surface area contributed by atoms with Gasteiger partial charge in [-0.15, -0.1) is 0 Å².